The van der Waals surface area contributed by atoms with Gasteiger partial charge in [-0.15, -0.1) is 0 Å². The Morgan fingerprint density at radius 3 is 2.72 bits per heavy atom. The summed E-state index contributed by atoms with van der Waals surface area (Å²) in [6.45, 7) is 0.515. The molecule has 1 aliphatic heterocycles. The lowest BCUT2D eigenvalue weighted by Gasteiger charge is -2.23. The summed E-state index contributed by atoms with van der Waals surface area (Å²) < 4.78 is 42.7. The fourth-order valence-electron chi connectivity index (χ4n) is 3.75. The van der Waals surface area contributed by atoms with Gasteiger partial charge in [0.05, 0.1) is 11.8 Å². The van der Waals surface area contributed by atoms with Crippen molar-refractivity contribution in [3.05, 3.63) is 76.9 Å². The molecular formula is C22H16F3N3O. The number of fused-ring (bicyclic) bond motifs is 1. The smallest absolute Gasteiger partial charge is 0.140 e. The molecule has 146 valence electrons. The maximum atomic E-state index is 14.2. The number of carbonyl (C=O) groups excluding carboxylic acids is 1. The lowest BCUT2D eigenvalue weighted by Crippen LogP contribution is -2.27. The van der Waals surface area contributed by atoms with Gasteiger partial charge in [0.15, 0.2) is 0 Å². The van der Waals surface area contributed by atoms with Gasteiger partial charge in [-0.1, -0.05) is 6.07 Å². The van der Waals surface area contributed by atoms with E-state index in [4.69, 9.17) is 5.26 Å². The minimum absolute atomic E-state index is 0.0292. The van der Waals surface area contributed by atoms with Crippen molar-refractivity contribution >= 4 is 5.78 Å². The third kappa shape index (κ3) is 3.66. The molecule has 3 aromatic rings. The van der Waals surface area contributed by atoms with Gasteiger partial charge in [-0.3, -0.25) is 9.48 Å². The van der Waals surface area contributed by atoms with Crippen molar-refractivity contribution in [2.24, 2.45) is 5.92 Å². The number of hydrogen-bond donors (Lipinski definition) is 0. The molecule has 4 nitrogen and oxygen atoms in total. The summed E-state index contributed by atoms with van der Waals surface area (Å²) in [5.41, 5.74) is 2.02. The number of aryl methyl sites for hydroxylation is 1. The Bertz CT molecular complexity index is 1150. The van der Waals surface area contributed by atoms with Gasteiger partial charge in [-0.25, -0.2) is 13.2 Å². The van der Waals surface area contributed by atoms with Crippen LogP contribution in [-0.4, -0.2) is 15.6 Å². The van der Waals surface area contributed by atoms with Crippen LogP contribution in [0.1, 0.15) is 23.2 Å². The van der Waals surface area contributed by atoms with Gasteiger partial charge < -0.3 is 0 Å². The van der Waals surface area contributed by atoms with Crippen LogP contribution in [-0.2, 0) is 24.2 Å². The molecule has 0 N–H and O–H groups in total. The molecule has 0 aliphatic carbocycles. The molecule has 1 aromatic heterocycles. The molecule has 29 heavy (non-hydrogen) atoms. The Morgan fingerprint density at radius 2 is 1.97 bits per heavy atom. The van der Waals surface area contributed by atoms with E-state index in [-0.39, 0.29) is 29.2 Å². The van der Waals surface area contributed by atoms with Crippen LogP contribution in [0.3, 0.4) is 0 Å². The van der Waals surface area contributed by atoms with Crippen LogP contribution in [0.5, 0.6) is 0 Å². The zero-order chi connectivity index (χ0) is 20.5. The number of ketones is 1. The number of nitriles is 1. The van der Waals surface area contributed by atoms with E-state index >= 15 is 0 Å². The van der Waals surface area contributed by atoms with E-state index in [0.717, 1.165) is 11.8 Å². The zero-order valence-electron chi connectivity index (χ0n) is 15.3. The van der Waals surface area contributed by atoms with E-state index in [1.165, 1.54) is 36.5 Å². The number of benzene rings is 2. The van der Waals surface area contributed by atoms with Crippen LogP contribution in [0.15, 0.2) is 42.6 Å². The van der Waals surface area contributed by atoms with Gasteiger partial charge in [0.25, 0.3) is 0 Å². The zero-order valence-corrected chi connectivity index (χ0v) is 15.3. The predicted octanol–water partition coefficient (Wildman–Crippen LogP) is 4.21. The Hall–Kier alpha value is -3.40. The second kappa shape index (κ2) is 7.55. The Balaban J connectivity index is 1.56. The molecule has 1 aliphatic rings. The van der Waals surface area contributed by atoms with Crippen molar-refractivity contribution in [2.75, 3.05) is 0 Å². The molecule has 0 radical (unpaired) electrons. The van der Waals surface area contributed by atoms with Gasteiger partial charge in [0, 0.05) is 41.8 Å². The Labute approximate surface area is 165 Å². The fourth-order valence-corrected chi connectivity index (χ4v) is 3.75. The predicted molar refractivity (Wildman–Crippen MR) is 99.2 cm³/mol. The molecule has 0 saturated heterocycles. The molecule has 0 amide bonds. The van der Waals surface area contributed by atoms with Gasteiger partial charge in [0.1, 0.15) is 29.3 Å². The van der Waals surface area contributed by atoms with Crippen molar-refractivity contribution in [1.82, 2.24) is 9.78 Å². The molecule has 0 saturated carbocycles. The van der Waals surface area contributed by atoms with Gasteiger partial charge in [-0.05, 0) is 42.7 Å². The van der Waals surface area contributed by atoms with E-state index in [1.807, 2.05) is 0 Å². The average molecular weight is 395 g/mol. The summed E-state index contributed by atoms with van der Waals surface area (Å²) in [7, 11) is 0. The van der Waals surface area contributed by atoms with Crippen molar-refractivity contribution < 1.29 is 18.0 Å². The van der Waals surface area contributed by atoms with E-state index in [0.29, 0.717) is 30.5 Å². The standard InChI is InChI=1S/C22H16F3N3O/c23-16-2-3-17(20(25)10-16)18-12-27-28-6-5-14(9-21(18)28)22(29)8-13-1-4-19(24)15(7-13)11-26/h1-4,7,10,12,14H,5-6,8-9H2. The first-order chi connectivity index (χ1) is 14.0. The van der Waals surface area contributed by atoms with Crippen LogP contribution < -0.4 is 0 Å². The third-order valence-corrected chi connectivity index (χ3v) is 5.28. The van der Waals surface area contributed by atoms with Gasteiger partial charge >= 0.3 is 0 Å². The minimum Gasteiger partial charge on any atom is -0.299 e. The summed E-state index contributed by atoms with van der Waals surface area (Å²) in [4.78, 5) is 12.8. The van der Waals surface area contributed by atoms with E-state index in [9.17, 15) is 18.0 Å². The molecule has 7 heteroatoms. The van der Waals surface area contributed by atoms with Crippen molar-refractivity contribution in [2.45, 2.75) is 25.8 Å². The van der Waals surface area contributed by atoms with Crippen molar-refractivity contribution in [3.63, 3.8) is 0 Å². The highest BCUT2D eigenvalue weighted by molar-refractivity contribution is 5.84. The van der Waals surface area contributed by atoms with Gasteiger partial charge in [0.2, 0.25) is 0 Å². The molecule has 2 aromatic carbocycles. The number of carbonyl (C=O) groups is 1. The number of Topliss-reactive ketones (excluding diaryl/α,β-unsaturated/α-hetero) is 1. The number of halogens is 3. The second-order valence-corrected chi connectivity index (χ2v) is 7.11. The van der Waals surface area contributed by atoms with Crippen LogP contribution >= 0.6 is 0 Å². The third-order valence-electron chi connectivity index (χ3n) is 5.28. The average Bonchev–Trinajstić information content (AvgIpc) is 3.12. The molecule has 0 fully saturated rings. The van der Waals surface area contributed by atoms with Crippen LogP contribution in [0, 0.1) is 34.7 Å². The number of rotatable bonds is 4. The minimum atomic E-state index is -0.676. The molecule has 1 unspecified atom stereocenters. The monoisotopic (exact) mass is 395 g/mol. The lowest BCUT2D eigenvalue weighted by molar-refractivity contribution is -0.122. The van der Waals surface area contributed by atoms with Crippen molar-refractivity contribution in [1.29, 1.82) is 5.26 Å². The molecular weight excluding hydrogens is 379 g/mol. The quantitative estimate of drug-likeness (QED) is 0.665. The number of aromatic nitrogens is 2. The van der Waals surface area contributed by atoms with Crippen molar-refractivity contribution in [3.8, 4) is 17.2 Å². The summed E-state index contributed by atoms with van der Waals surface area (Å²) in [6.07, 6.45) is 2.61. The Morgan fingerprint density at radius 1 is 1.14 bits per heavy atom. The molecule has 1 atom stereocenters. The normalized spacial score (nSPS) is 15.6. The molecule has 2 heterocycles. The SMILES string of the molecule is N#Cc1cc(CC(=O)C2CCn3ncc(-c4ccc(F)cc4F)c3C2)ccc1F. The first-order valence-electron chi connectivity index (χ1n) is 9.17. The van der Waals surface area contributed by atoms with Gasteiger partial charge in [-0.2, -0.15) is 10.4 Å². The molecule has 4 rings (SSSR count). The first kappa shape index (κ1) is 18.9. The topological polar surface area (TPSA) is 58.7 Å². The van der Waals surface area contributed by atoms with Crippen LogP contribution in [0.2, 0.25) is 0 Å². The van der Waals surface area contributed by atoms with Crippen LogP contribution in [0.4, 0.5) is 13.2 Å². The number of hydrogen-bond acceptors (Lipinski definition) is 3. The van der Waals surface area contributed by atoms with E-state index in [1.54, 1.807) is 10.8 Å². The van der Waals surface area contributed by atoms with Crippen LogP contribution in [0.25, 0.3) is 11.1 Å². The first-order valence-corrected chi connectivity index (χ1v) is 9.17. The second-order valence-electron chi connectivity index (χ2n) is 7.11. The highest BCUT2D eigenvalue weighted by atomic mass is 19.1. The summed E-state index contributed by atoms with van der Waals surface area (Å²) >= 11 is 0. The molecule has 0 spiro atoms. The van der Waals surface area contributed by atoms with E-state index in [2.05, 4.69) is 5.10 Å². The number of nitrogens with zero attached hydrogens (tertiary/aromatic N) is 3. The van der Waals surface area contributed by atoms with E-state index < -0.39 is 17.5 Å². The maximum Gasteiger partial charge on any atom is 0.140 e. The summed E-state index contributed by atoms with van der Waals surface area (Å²) in [5.74, 6) is -2.27. The largest absolute Gasteiger partial charge is 0.299 e. The maximum absolute atomic E-state index is 14.2. The summed E-state index contributed by atoms with van der Waals surface area (Å²) in [6, 6.07) is 9.23. The highest BCUT2D eigenvalue weighted by Crippen LogP contribution is 2.32. The Kier molecular flexibility index (Phi) is 4.93. The molecule has 0 bridgehead atoms. The summed E-state index contributed by atoms with van der Waals surface area (Å²) in [5, 5.41) is 13.2. The highest BCUT2D eigenvalue weighted by Gasteiger charge is 2.28. The fraction of sp³-hybridized carbons (Fsp3) is 0.227. The lowest BCUT2D eigenvalue weighted by atomic mass is 9.87.